The van der Waals surface area contributed by atoms with Crippen LogP contribution in [0.25, 0.3) is 0 Å². The molecule has 0 saturated heterocycles. The topological polar surface area (TPSA) is 50.7 Å². The van der Waals surface area contributed by atoms with Crippen molar-refractivity contribution in [3.8, 4) is 0 Å². The SMILES string of the molecule is COC(=O)c1ccc(C=Nc2ccc3c(c2)C(C)(C)CCN3)cc1. The van der Waals surface area contributed by atoms with Gasteiger partial charge < -0.3 is 10.1 Å². The third-order valence-electron chi connectivity index (χ3n) is 4.49. The molecule has 0 amide bonds. The molecule has 0 atom stereocenters. The average Bonchev–Trinajstić information content (AvgIpc) is 2.60. The summed E-state index contributed by atoms with van der Waals surface area (Å²) in [6.07, 6.45) is 2.92. The van der Waals surface area contributed by atoms with Crippen LogP contribution in [-0.2, 0) is 10.2 Å². The summed E-state index contributed by atoms with van der Waals surface area (Å²) < 4.78 is 4.70. The van der Waals surface area contributed by atoms with E-state index in [0.717, 1.165) is 24.2 Å². The van der Waals surface area contributed by atoms with Crippen LogP contribution < -0.4 is 5.32 Å². The summed E-state index contributed by atoms with van der Waals surface area (Å²) in [5.41, 5.74) is 5.09. The Balaban J connectivity index is 1.81. The van der Waals surface area contributed by atoms with Gasteiger partial charge in [0.25, 0.3) is 0 Å². The normalized spacial score (nSPS) is 15.6. The van der Waals surface area contributed by atoms with Gasteiger partial charge in [0.15, 0.2) is 0 Å². The Morgan fingerprint density at radius 1 is 1.21 bits per heavy atom. The van der Waals surface area contributed by atoms with Gasteiger partial charge in [0, 0.05) is 18.4 Å². The highest BCUT2D eigenvalue weighted by atomic mass is 16.5. The van der Waals surface area contributed by atoms with Crippen LogP contribution in [0, 0.1) is 0 Å². The summed E-state index contributed by atoms with van der Waals surface area (Å²) in [7, 11) is 1.38. The van der Waals surface area contributed by atoms with E-state index in [1.165, 1.54) is 18.4 Å². The van der Waals surface area contributed by atoms with E-state index in [2.05, 4.69) is 36.3 Å². The van der Waals surface area contributed by atoms with Crippen molar-refractivity contribution in [3.63, 3.8) is 0 Å². The van der Waals surface area contributed by atoms with Gasteiger partial charge >= 0.3 is 5.97 Å². The van der Waals surface area contributed by atoms with Gasteiger partial charge in [-0.05, 0) is 53.3 Å². The standard InChI is InChI=1S/C20H22N2O2/c1-20(2)10-11-21-18-9-8-16(12-17(18)20)22-13-14-4-6-15(7-5-14)19(23)24-3/h4-9,12-13,21H,10-11H2,1-3H3. The molecule has 1 aliphatic heterocycles. The zero-order chi connectivity index (χ0) is 17.2. The van der Waals surface area contributed by atoms with Gasteiger partial charge in [0.1, 0.15) is 0 Å². The first-order valence-electron chi connectivity index (χ1n) is 8.10. The van der Waals surface area contributed by atoms with Crippen LogP contribution in [0.15, 0.2) is 47.5 Å². The zero-order valence-electron chi connectivity index (χ0n) is 14.3. The number of aliphatic imine (C=N–C) groups is 1. The van der Waals surface area contributed by atoms with E-state index in [1.54, 1.807) is 12.1 Å². The lowest BCUT2D eigenvalue weighted by Crippen LogP contribution is -2.28. The summed E-state index contributed by atoms with van der Waals surface area (Å²) >= 11 is 0. The third kappa shape index (κ3) is 3.32. The molecule has 0 bridgehead atoms. The number of ether oxygens (including phenoxy) is 1. The third-order valence-corrected chi connectivity index (χ3v) is 4.49. The molecule has 4 heteroatoms. The van der Waals surface area contributed by atoms with E-state index in [9.17, 15) is 4.79 Å². The van der Waals surface area contributed by atoms with Crippen LogP contribution in [0.1, 0.15) is 41.8 Å². The fourth-order valence-electron chi connectivity index (χ4n) is 2.94. The van der Waals surface area contributed by atoms with Crippen LogP contribution in [-0.4, -0.2) is 25.8 Å². The molecule has 0 unspecified atom stereocenters. The van der Waals surface area contributed by atoms with Crippen molar-refractivity contribution in [1.82, 2.24) is 0 Å². The molecule has 0 saturated carbocycles. The molecule has 2 aromatic rings. The summed E-state index contributed by atoms with van der Waals surface area (Å²) in [5, 5.41) is 3.45. The van der Waals surface area contributed by atoms with Gasteiger partial charge in [0.2, 0.25) is 0 Å². The molecule has 1 heterocycles. The maximum atomic E-state index is 11.4. The maximum Gasteiger partial charge on any atom is 0.337 e. The highest BCUT2D eigenvalue weighted by molar-refractivity contribution is 5.91. The number of nitrogens with zero attached hydrogens (tertiary/aromatic N) is 1. The van der Waals surface area contributed by atoms with E-state index in [0.29, 0.717) is 5.56 Å². The fourth-order valence-corrected chi connectivity index (χ4v) is 2.94. The summed E-state index contributed by atoms with van der Waals surface area (Å²) in [6.45, 7) is 5.55. The molecule has 0 spiro atoms. The van der Waals surface area contributed by atoms with Crippen LogP contribution in [0.4, 0.5) is 11.4 Å². The molecule has 0 radical (unpaired) electrons. The first kappa shape index (κ1) is 16.2. The summed E-state index contributed by atoms with van der Waals surface area (Å²) in [6, 6.07) is 13.5. The van der Waals surface area contributed by atoms with Crippen LogP contribution >= 0.6 is 0 Å². The minimum Gasteiger partial charge on any atom is -0.465 e. The largest absolute Gasteiger partial charge is 0.465 e. The van der Waals surface area contributed by atoms with Crippen LogP contribution in [0.2, 0.25) is 0 Å². The summed E-state index contributed by atoms with van der Waals surface area (Å²) in [5.74, 6) is -0.331. The summed E-state index contributed by atoms with van der Waals surface area (Å²) in [4.78, 5) is 16.0. The van der Waals surface area contributed by atoms with Gasteiger partial charge in [-0.25, -0.2) is 4.79 Å². The van der Waals surface area contributed by atoms with Gasteiger partial charge in [-0.2, -0.15) is 0 Å². The Hall–Kier alpha value is -2.62. The first-order valence-corrected chi connectivity index (χ1v) is 8.10. The Bertz CT molecular complexity index is 777. The predicted octanol–water partition coefficient (Wildman–Crippen LogP) is 4.32. The number of esters is 1. The van der Waals surface area contributed by atoms with E-state index < -0.39 is 0 Å². The Morgan fingerprint density at radius 2 is 1.96 bits per heavy atom. The second-order valence-electron chi connectivity index (χ2n) is 6.66. The number of methoxy groups -OCH3 is 1. The Kier molecular flexibility index (Phi) is 4.38. The second-order valence-corrected chi connectivity index (χ2v) is 6.66. The molecule has 2 aromatic carbocycles. The molecule has 0 fully saturated rings. The molecular weight excluding hydrogens is 300 g/mol. The molecular formula is C20H22N2O2. The average molecular weight is 322 g/mol. The quantitative estimate of drug-likeness (QED) is 0.676. The molecule has 1 aliphatic rings. The lowest BCUT2D eigenvalue weighted by Gasteiger charge is -2.33. The number of carbonyl (C=O) groups is 1. The number of carbonyl (C=O) groups excluding carboxylic acids is 1. The first-order chi connectivity index (χ1) is 11.5. The van der Waals surface area contributed by atoms with Crippen molar-refractivity contribution in [2.24, 2.45) is 4.99 Å². The molecule has 4 nitrogen and oxygen atoms in total. The maximum absolute atomic E-state index is 11.4. The van der Waals surface area contributed by atoms with E-state index in [-0.39, 0.29) is 11.4 Å². The van der Waals surface area contributed by atoms with Crippen molar-refractivity contribution in [3.05, 3.63) is 59.2 Å². The van der Waals surface area contributed by atoms with E-state index in [4.69, 9.17) is 4.74 Å². The fraction of sp³-hybridized carbons (Fsp3) is 0.300. The number of hydrogen-bond donors (Lipinski definition) is 1. The highest BCUT2D eigenvalue weighted by Gasteiger charge is 2.27. The van der Waals surface area contributed by atoms with Gasteiger partial charge in [-0.3, -0.25) is 4.99 Å². The monoisotopic (exact) mass is 322 g/mol. The molecule has 1 N–H and O–H groups in total. The van der Waals surface area contributed by atoms with Crippen LogP contribution in [0.3, 0.4) is 0 Å². The van der Waals surface area contributed by atoms with Crippen molar-refractivity contribution >= 4 is 23.6 Å². The number of anilines is 1. The molecule has 3 rings (SSSR count). The highest BCUT2D eigenvalue weighted by Crippen LogP contribution is 2.38. The van der Waals surface area contributed by atoms with Crippen LogP contribution in [0.5, 0.6) is 0 Å². The predicted molar refractivity (Wildman–Crippen MR) is 97.6 cm³/mol. The molecule has 0 aliphatic carbocycles. The van der Waals surface area contributed by atoms with Crippen molar-refractivity contribution in [2.45, 2.75) is 25.7 Å². The van der Waals surface area contributed by atoms with Gasteiger partial charge in [-0.1, -0.05) is 26.0 Å². The smallest absolute Gasteiger partial charge is 0.337 e. The van der Waals surface area contributed by atoms with E-state index in [1.807, 2.05) is 24.4 Å². The number of nitrogens with one attached hydrogen (secondary N) is 1. The minimum absolute atomic E-state index is 0.161. The Labute approximate surface area is 142 Å². The zero-order valence-corrected chi connectivity index (χ0v) is 14.3. The van der Waals surface area contributed by atoms with Crippen molar-refractivity contribution < 1.29 is 9.53 Å². The lowest BCUT2D eigenvalue weighted by molar-refractivity contribution is 0.0600. The van der Waals surface area contributed by atoms with Crippen molar-refractivity contribution in [1.29, 1.82) is 0 Å². The molecule has 24 heavy (non-hydrogen) atoms. The Morgan fingerprint density at radius 3 is 2.67 bits per heavy atom. The number of benzene rings is 2. The minimum atomic E-state index is -0.331. The van der Waals surface area contributed by atoms with Crippen molar-refractivity contribution in [2.75, 3.05) is 19.0 Å². The number of rotatable bonds is 3. The lowest BCUT2D eigenvalue weighted by atomic mass is 9.78. The van der Waals surface area contributed by atoms with Gasteiger partial charge in [-0.15, -0.1) is 0 Å². The van der Waals surface area contributed by atoms with E-state index >= 15 is 0 Å². The molecule has 124 valence electrons. The molecule has 0 aromatic heterocycles. The second kappa shape index (κ2) is 6.48. The number of fused-ring (bicyclic) bond motifs is 1. The number of hydrogen-bond acceptors (Lipinski definition) is 4. The van der Waals surface area contributed by atoms with Gasteiger partial charge in [0.05, 0.1) is 18.4 Å².